The van der Waals surface area contributed by atoms with Gasteiger partial charge in [0.15, 0.2) is 0 Å². The summed E-state index contributed by atoms with van der Waals surface area (Å²) >= 11 is 5.62. The second kappa shape index (κ2) is 5.46. The first-order valence-electron chi connectivity index (χ1n) is 5.38. The minimum absolute atomic E-state index is 0.166. The van der Waals surface area contributed by atoms with Crippen molar-refractivity contribution in [3.05, 3.63) is 53.1 Å². The number of carbonyl (C=O) groups excluding carboxylic acids is 1. The molecule has 1 aromatic carbocycles. The van der Waals surface area contributed by atoms with Gasteiger partial charge in [-0.1, -0.05) is 23.7 Å². The summed E-state index contributed by atoms with van der Waals surface area (Å²) in [6.07, 6.45) is 2.61. The molecule has 0 spiro atoms. The van der Waals surface area contributed by atoms with Crippen LogP contribution in [0.15, 0.2) is 36.7 Å². The number of nitriles is 1. The van der Waals surface area contributed by atoms with Crippen molar-refractivity contribution in [2.75, 3.05) is 11.9 Å². The van der Waals surface area contributed by atoms with Crippen molar-refractivity contribution in [3.63, 3.8) is 0 Å². The highest BCUT2D eigenvalue weighted by molar-refractivity contribution is 6.29. The molecule has 0 atom stereocenters. The second-order valence-corrected chi connectivity index (χ2v) is 4.10. The first-order valence-corrected chi connectivity index (χ1v) is 5.76. The average Bonchev–Trinajstić information content (AvgIpc) is 2.46. The Morgan fingerprint density at radius 2 is 2.05 bits per heavy atom. The van der Waals surface area contributed by atoms with Gasteiger partial charge in [0.05, 0.1) is 23.6 Å². The number of amides is 1. The molecule has 0 radical (unpaired) electrons. The Morgan fingerprint density at radius 3 is 2.68 bits per heavy atom. The molecule has 0 aliphatic heterocycles. The number of anilines is 1. The van der Waals surface area contributed by atoms with E-state index in [1.165, 1.54) is 17.3 Å². The predicted molar refractivity (Wildman–Crippen MR) is 70.9 cm³/mol. The van der Waals surface area contributed by atoms with Gasteiger partial charge in [0.25, 0.3) is 5.91 Å². The van der Waals surface area contributed by atoms with Crippen molar-refractivity contribution < 1.29 is 4.79 Å². The molecule has 2 rings (SSSR count). The maximum Gasteiger partial charge on any atom is 0.278 e. The predicted octanol–water partition coefficient (Wildman–Crippen LogP) is 2.28. The Labute approximate surface area is 115 Å². The maximum atomic E-state index is 12.2. The van der Waals surface area contributed by atoms with E-state index in [0.29, 0.717) is 11.3 Å². The maximum absolute atomic E-state index is 12.2. The molecule has 1 aromatic heterocycles. The average molecular weight is 273 g/mol. The number of hydrogen-bond acceptors (Lipinski definition) is 4. The van der Waals surface area contributed by atoms with Crippen molar-refractivity contribution in [3.8, 4) is 6.07 Å². The van der Waals surface area contributed by atoms with Crippen LogP contribution < -0.4 is 4.90 Å². The molecule has 0 saturated carbocycles. The Hall–Kier alpha value is -2.45. The zero-order chi connectivity index (χ0) is 13.8. The number of hydrogen-bond donors (Lipinski definition) is 0. The van der Waals surface area contributed by atoms with Crippen LogP contribution in [0, 0.1) is 11.3 Å². The van der Waals surface area contributed by atoms with Gasteiger partial charge in [-0.15, -0.1) is 0 Å². The van der Waals surface area contributed by atoms with Gasteiger partial charge in [0, 0.05) is 7.05 Å². The van der Waals surface area contributed by atoms with E-state index in [9.17, 15) is 4.79 Å². The van der Waals surface area contributed by atoms with Gasteiger partial charge in [-0.25, -0.2) is 9.97 Å². The van der Waals surface area contributed by atoms with Gasteiger partial charge in [0.2, 0.25) is 0 Å². The topological polar surface area (TPSA) is 69.9 Å². The second-order valence-electron chi connectivity index (χ2n) is 3.72. The van der Waals surface area contributed by atoms with Crippen molar-refractivity contribution in [2.45, 2.75) is 0 Å². The van der Waals surface area contributed by atoms with E-state index in [-0.39, 0.29) is 16.8 Å². The summed E-state index contributed by atoms with van der Waals surface area (Å²) in [6, 6.07) is 8.88. The van der Waals surface area contributed by atoms with Crippen molar-refractivity contribution in [1.29, 1.82) is 5.26 Å². The Kier molecular flexibility index (Phi) is 3.74. The number of halogens is 1. The number of carbonyl (C=O) groups is 1. The van der Waals surface area contributed by atoms with Crippen LogP contribution in [0.4, 0.5) is 5.69 Å². The fourth-order valence-electron chi connectivity index (χ4n) is 1.56. The molecule has 0 fully saturated rings. The van der Waals surface area contributed by atoms with Gasteiger partial charge in [-0.2, -0.15) is 5.26 Å². The van der Waals surface area contributed by atoms with Crippen LogP contribution in [-0.2, 0) is 0 Å². The van der Waals surface area contributed by atoms with Crippen LogP contribution in [0.2, 0.25) is 5.15 Å². The molecule has 0 saturated heterocycles. The molecule has 5 nitrogen and oxygen atoms in total. The molecule has 0 unspecified atom stereocenters. The molecule has 1 amide bonds. The lowest BCUT2D eigenvalue weighted by molar-refractivity contribution is 0.0988. The summed E-state index contributed by atoms with van der Waals surface area (Å²) in [4.78, 5) is 21.3. The molecular weight excluding hydrogens is 264 g/mol. The number of para-hydroxylation sites is 1. The van der Waals surface area contributed by atoms with Crippen LogP contribution in [0.5, 0.6) is 0 Å². The molecule has 0 bridgehead atoms. The lowest BCUT2D eigenvalue weighted by Crippen LogP contribution is -2.27. The fourth-order valence-corrected chi connectivity index (χ4v) is 1.66. The van der Waals surface area contributed by atoms with E-state index in [1.807, 2.05) is 6.07 Å². The SMILES string of the molecule is CN(C(=O)c1cnc(Cl)cn1)c1ccccc1C#N. The third-order valence-electron chi connectivity index (χ3n) is 2.53. The summed E-state index contributed by atoms with van der Waals surface area (Å²) in [5, 5.41) is 9.24. The van der Waals surface area contributed by atoms with Gasteiger partial charge in [0.1, 0.15) is 16.9 Å². The van der Waals surface area contributed by atoms with Crippen LogP contribution in [0.25, 0.3) is 0 Å². The summed E-state index contributed by atoms with van der Waals surface area (Å²) < 4.78 is 0. The lowest BCUT2D eigenvalue weighted by atomic mass is 10.2. The highest BCUT2D eigenvalue weighted by atomic mass is 35.5. The summed E-state index contributed by atoms with van der Waals surface area (Å²) in [7, 11) is 1.58. The monoisotopic (exact) mass is 272 g/mol. The molecule has 6 heteroatoms. The standard InChI is InChI=1S/C13H9ClN4O/c1-18(11-5-3-2-4-9(11)6-15)13(19)10-7-17-12(14)8-16-10/h2-5,7-8H,1H3. The molecule has 1 heterocycles. The van der Waals surface area contributed by atoms with E-state index in [2.05, 4.69) is 9.97 Å². The van der Waals surface area contributed by atoms with Crippen molar-refractivity contribution >= 4 is 23.2 Å². The minimum Gasteiger partial charge on any atom is -0.309 e. The molecule has 0 aliphatic carbocycles. The lowest BCUT2D eigenvalue weighted by Gasteiger charge is -2.17. The zero-order valence-electron chi connectivity index (χ0n) is 10.0. The molecule has 2 aromatic rings. The third kappa shape index (κ3) is 2.69. The summed E-state index contributed by atoms with van der Waals surface area (Å²) in [5.74, 6) is -0.355. The van der Waals surface area contributed by atoms with Gasteiger partial charge in [-0.3, -0.25) is 4.79 Å². The Balaban J connectivity index is 2.34. The largest absolute Gasteiger partial charge is 0.309 e. The highest BCUT2D eigenvalue weighted by Crippen LogP contribution is 2.19. The van der Waals surface area contributed by atoms with E-state index < -0.39 is 0 Å². The van der Waals surface area contributed by atoms with Crippen molar-refractivity contribution in [2.24, 2.45) is 0 Å². The molecule has 19 heavy (non-hydrogen) atoms. The quantitative estimate of drug-likeness (QED) is 0.841. The summed E-state index contributed by atoms with van der Waals surface area (Å²) in [5.41, 5.74) is 1.10. The number of nitrogens with zero attached hydrogens (tertiary/aromatic N) is 4. The summed E-state index contributed by atoms with van der Waals surface area (Å²) in [6.45, 7) is 0. The van der Waals surface area contributed by atoms with E-state index >= 15 is 0 Å². The molecule has 0 aliphatic rings. The Morgan fingerprint density at radius 1 is 1.32 bits per heavy atom. The number of benzene rings is 1. The van der Waals surface area contributed by atoms with Crippen LogP contribution in [0.1, 0.15) is 16.1 Å². The van der Waals surface area contributed by atoms with Crippen molar-refractivity contribution in [1.82, 2.24) is 9.97 Å². The van der Waals surface area contributed by atoms with Crippen LogP contribution in [-0.4, -0.2) is 22.9 Å². The minimum atomic E-state index is -0.355. The van der Waals surface area contributed by atoms with E-state index in [0.717, 1.165) is 0 Å². The van der Waals surface area contributed by atoms with E-state index in [1.54, 1.807) is 31.3 Å². The smallest absolute Gasteiger partial charge is 0.278 e. The molecule has 94 valence electrons. The van der Waals surface area contributed by atoms with Gasteiger partial charge < -0.3 is 4.90 Å². The van der Waals surface area contributed by atoms with Crippen LogP contribution >= 0.6 is 11.6 Å². The third-order valence-corrected chi connectivity index (χ3v) is 2.73. The molecular formula is C13H9ClN4O. The van der Waals surface area contributed by atoms with Gasteiger partial charge in [-0.05, 0) is 12.1 Å². The first-order chi connectivity index (χ1) is 9.13. The number of rotatable bonds is 2. The fraction of sp³-hybridized carbons (Fsp3) is 0.0769. The number of aromatic nitrogens is 2. The molecule has 0 N–H and O–H groups in total. The van der Waals surface area contributed by atoms with E-state index in [4.69, 9.17) is 16.9 Å². The highest BCUT2D eigenvalue weighted by Gasteiger charge is 2.17. The van der Waals surface area contributed by atoms with Crippen LogP contribution in [0.3, 0.4) is 0 Å². The first kappa shape index (κ1) is 13.0. The zero-order valence-corrected chi connectivity index (χ0v) is 10.8. The Bertz CT molecular complexity index is 648. The normalized spacial score (nSPS) is 9.74. The van der Waals surface area contributed by atoms with Gasteiger partial charge >= 0.3 is 0 Å².